The van der Waals surface area contributed by atoms with Gasteiger partial charge >= 0.3 is 0 Å². The molecule has 3 N–H and O–H groups in total. The molecule has 0 bridgehead atoms. The number of hydrogen-bond donors (Lipinski definition) is 2. The molecule has 0 radical (unpaired) electrons. The lowest BCUT2D eigenvalue weighted by atomic mass is 10.1. The number of amides is 1. The minimum atomic E-state index is -0.508. The van der Waals surface area contributed by atoms with Crippen LogP contribution in [0.2, 0.25) is 0 Å². The van der Waals surface area contributed by atoms with Crippen molar-refractivity contribution in [3.8, 4) is 0 Å². The lowest BCUT2D eigenvalue weighted by Gasteiger charge is -2.11. The van der Waals surface area contributed by atoms with Crippen molar-refractivity contribution < 1.29 is 4.79 Å². The Labute approximate surface area is 118 Å². The van der Waals surface area contributed by atoms with Crippen molar-refractivity contribution in [3.63, 3.8) is 0 Å². The molecule has 0 aliphatic heterocycles. The van der Waals surface area contributed by atoms with E-state index < -0.39 is 6.04 Å². The van der Waals surface area contributed by atoms with Gasteiger partial charge in [0.2, 0.25) is 5.91 Å². The van der Waals surface area contributed by atoms with Crippen LogP contribution in [0, 0.1) is 0 Å². The first-order chi connectivity index (χ1) is 9.75. The van der Waals surface area contributed by atoms with Crippen molar-refractivity contribution in [2.24, 2.45) is 5.73 Å². The van der Waals surface area contributed by atoms with E-state index in [1.54, 1.807) is 12.3 Å². The van der Waals surface area contributed by atoms with Gasteiger partial charge in [-0.15, -0.1) is 0 Å². The lowest BCUT2D eigenvalue weighted by molar-refractivity contribution is -0.122. The second-order valence-corrected chi connectivity index (χ2v) is 4.56. The van der Waals surface area contributed by atoms with E-state index in [1.165, 1.54) is 5.56 Å². The summed E-state index contributed by atoms with van der Waals surface area (Å²) in [6, 6.07) is 13.1. The van der Waals surface area contributed by atoms with Crippen molar-refractivity contribution in [1.82, 2.24) is 15.5 Å². The molecule has 1 amide bonds. The Morgan fingerprint density at radius 3 is 2.70 bits per heavy atom. The van der Waals surface area contributed by atoms with Crippen LogP contribution in [0.3, 0.4) is 0 Å². The quantitative estimate of drug-likeness (QED) is 0.822. The Hall–Kier alpha value is -2.27. The van der Waals surface area contributed by atoms with Crippen LogP contribution in [-0.4, -0.2) is 22.1 Å². The third-order valence-corrected chi connectivity index (χ3v) is 2.99. The molecule has 104 valence electrons. The molecule has 0 fully saturated rings. The fraction of sp³-hybridized carbons (Fsp3) is 0.267. The van der Waals surface area contributed by atoms with Gasteiger partial charge in [-0.1, -0.05) is 30.3 Å². The molecule has 0 spiro atoms. The molecule has 0 aliphatic carbocycles. The number of benzene rings is 1. The molecule has 1 unspecified atom stereocenters. The molecule has 2 aromatic rings. The van der Waals surface area contributed by atoms with Crippen molar-refractivity contribution in [2.45, 2.75) is 25.4 Å². The first-order valence-corrected chi connectivity index (χ1v) is 6.59. The van der Waals surface area contributed by atoms with Crippen molar-refractivity contribution in [3.05, 3.63) is 59.9 Å². The zero-order chi connectivity index (χ0) is 14.2. The van der Waals surface area contributed by atoms with E-state index in [2.05, 4.69) is 15.5 Å². The van der Waals surface area contributed by atoms with Gasteiger partial charge in [-0.05, 0) is 30.5 Å². The number of hydrogen-bond acceptors (Lipinski definition) is 4. The van der Waals surface area contributed by atoms with Crippen LogP contribution in [0.5, 0.6) is 0 Å². The monoisotopic (exact) mass is 270 g/mol. The summed E-state index contributed by atoms with van der Waals surface area (Å²) in [5.41, 5.74) is 7.78. The Kier molecular flexibility index (Phi) is 5.20. The standard InChI is InChI=1S/C15H18N4O/c16-14(9-8-12-5-2-1-3-6-12)15(20)17-11-13-7-4-10-18-19-13/h1-7,10,14H,8-9,11,16H2,(H,17,20). The van der Waals surface area contributed by atoms with Gasteiger partial charge in [-0.3, -0.25) is 4.79 Å². The number of carbonyl (C=O) groups is 1. The van der Waals surface area contributed by atoms with Gasteiger partial charge in [0.25, 0.3) is 0 Å². The highest BCUT2D eigenvalue weighted by atomic mass is 16.2. The summed E-state index contributed by atoms with van der Waals surface area (Å²) in [5, 5.41) is 10.4. The normalized spacial score (nSPS) is 11.8. The molecular weight excluding hydrogens is 252 g/mol. The Balaban J connectivity index is 1.75. The Morgan fingerprint density at radius 1 is 1.20 bits per heavy atom. The van der Waals surface area contributed by atoms with E-state index in [-0.39, 0.29) is 5.91 Å². The molecule has 5 heteroatoms. The van der Waals surface area contributed by atoms with Crippen LogP contribution < -0.4 is 11.1 Å². The fourth-order valence-electron chi connectivity index (χ4n) is 1.83. The van der Waals surface area contributed by atoms with E-state index in [0.29, 0.717) is 13.0 Å². The number of aromatic nitrogens is 2. The second-order valence-electron chi connectivity index (χ2n) is 4.56. The van der Waals surface area contributed by atoms with Crippen LogP contribution in [0.15, 0.2) is 48.7 Å². The minimum absolute atomic E-state index is 0.161. The SMILES string of the molecule is NC(CCc1ccccc1)C(=O)NCc1cccnn1. The average Bonchev–Trinajstić information content (AvgIpc) is 2.52. The highest BCUT2D eigenvalue weighted by molar-refractivity contribution is 5.81. The van der Waals surface area contributed by atoms with Crippen LogP contribution >= 0.6 is 0 Å². The largest absolute Gasteiger partial charge is 0.349 e. The number of carbonyl (C=O) groups excluding carboxylic acids is 1. The number of nitrogens with one attached hydrogen (secondary N) is 1. The third-order valence-electron chi connectivity index (χ3n) is 2.99. The van der Waals surface area contributed by atoms with Gasteiger partial charge in [-0.25, -0.2) is 0 Å². The molecule has 0 saturated carbocycles. The zero-order valence-electron chi connectivity index (χ0n) is 11.2. The molecule has 1 aromatic carbocycles. The van der Waals surface area contributed by atoms with Crippen LogP contribution in [0.4, 0.5) is 0 Å². The maximum atomic E-state index is 11.9. The minimum Gasteiger partial charge on any atom is -0.349 e. The van der Waals surface area contributed by atoms with E-state index >= 15 is 0 Å². The first kappa shape index (κ1) is 14.1. The molecule has 5 nitrogen and oxygen atoms in total. The van der Waals surface area contributed by atoms with Gasteiger partial charge in [0.1, 0.15) is 0 Å². The summed E-state index contributed by atoms with van der Waals surface area (Å²) in [7, 11) is 0. The van der Waals surface area contributed by atoms with Gasteiger partial charge in [-0.2, -0.15) is 10.2 Å². The second kappa shape index (κ2) is 7.35. The highest BCUT2D eigenvalue weighted by Gasteiger charge is 2.13. The summed E-state index contributed by atoms with van der Waals surface area (Å²) in [5.74, 6) is -0.161. The van der Waals surface area contributed by atoms with E-state index in [1.807, 2.05) is 36.4 Å². The van der Waals surface area contributed by atoms with E-state index in [9.17, 15) is 4.79 Å². The van der Waals surface area contributed by atoms with Crippen molar-refractivity contribution >= 4 is 5.91 Å². The van der Waals surface area contributed by atoms with E-state index in [4.69, 9.17) is 5.73 Å². The number of nitrogens with two attached hydrogens (primary N) is 1. The molecule has 1 atom stereocenters. The topological polar surface area (TPSA) is 80.9 Å². The molecule has 2 rings (SSSR count). The number of nitrogens with zero attached hydrogens (tertiary/aromatic N) is 2. The highest BCUT2D eigenvalue weighted by Crippen LogP contribution is 2.04. The predicted octanol–water partition coefficient (Wildman–Crippen LogP) is 1.05. The summed E-state index contributed by atoms with van der Waals surface area (Å²) < 4.78 is 0. The van der Waals surface area contributed by atoms with Crippen LogP contribution in [-0.2, 0) is 17.8 Å². The Morgan fingerprint density at radius 2 is 2.00 bits per heavy atom. The third kappa shape index (κ3) is 4.44. The van der Waals surface area contributed by atoms with Crippen LogP contribution in [0.1, 0.15) is 17.7 Å². The van der Waals surface area contributed by atoms with Gasteiger partial charge in [0, 0.05) is 6.20 Å². The summed E-state index contributed by atoms with van der Waals surface area (Å²) in [4.78, 5) is 11.9. The Bertz CT molecular complexity index is 530. The average molecular weight is 270 g/mol. The molecule has 0 aliphatic rings. The zero-order valence-corrected chi connectivity index (χ0v) is 11.2. The molecule has 1 heterocycles. The summed E-state index contributed by atoms with van der Waals surface area (Å²) in [6.45, 7) is 0.353. The van der Waals surface area contributed by atoms with Gasteiger partial charge < -0.3 is 11.1 Å². The van der Waals surface area contributed by atoms with Crippen molar-refractivity contribution in [2.75, 3.05) is 0 Å². The molecule has 1 aromatic heterocycles. The van der Waals surface area contributed by atoms with E-state index in [0.717, 1.165) is 12.1 Å². The van der Waals surface area contributed by atoms with Gasteiger partial charge in [0.15, 0.2) is 0 Å². The summed E-state index contributed by atoms with van der Waals surface area (Å²) >= 11 is 0. The fourth-order valence-corrected chi connectivity index (χ4v) is 1.83. The number of rotatable bonds is 6. The molecule has 20 heavy (non-hydrogen) atoms. The predicted molar refractivity (Wildman–Crippen MR) is 76.6 cm³/mol. The van der Waals surface area contributed by atoms with Crippen LogP contribution in [0.25, 0.3) is 0 Å². The molecular formula is C15H18N4O. The maximum absolute atomic E-state index is 11.9. The lowest BCUT2D eigenvalue weighted by Crippen LogP contribution is -2.40. The van der Waals surface area contributed by atoms with Crippen molar-refractivity contribution in [1.29, 1.82) is 0 Å². The molecule has 0 saturated heterocycles. The van der Waals surface area contributed by atoms with Gasteiger partial charge in [0.05, 0.1) is 18.3 Å². The first-order valence-electron chi connectivity index (χ1n) is 6.59. The number of aryl methyl sites for hydroxylation is 1. The maximum Gasteiger partial charge on any atom is 0.237 e. The summed E-state index contributed by atoms with van der Waals surface area (Å²) in [6.07, 6.45) is 3.01. The smallest absolute Gasteiger partial charge is 0.237 e.